The standard InChI is InChI=1S/C43H74N10O14/c1-17-18-19-22(2)34(57)33(38(61)48-32(30(10)55)43(66)49(11)20-31(56)67-16)53(15)42(65)29(9)52(14)41(64)26(6)47-37(60)28(8)51(13)40(63)25(5)46-35(58)23(3)45-36(59)27(7)50(12)39(62)24(4)44-21-54/h17-18,21-30,32-34,55,57H,19-20H2,1-16H3,(H,44,54)(H,45,59)(H,46,58)(H,47,60)(H,48,61)/b18-17+. The lowest BCUT2D eigenvalue weighted by Crippen LogP contribution is -2.63. The lowest BCUT2D eigenvalue weighted by molar-refractivity contribution is -0.153. The minimum atomic E-state index is -1.66. The number of hydrogen-bond donors (Lipinski definition) is 7. The Bertz CT molecular complexity index is 1810. The summed E-state index contributed by atoms with van der Waals surface area (Å²) in [6.07, 6.45) is 1.09. The van der Waals surface area contributed by atoms with Crippen molar-refractivity contribution in [3.05, 3.63) is 12.2 Å². The van der Waals surface area contributed by atoms with E-state index in [1.165, 1.54) is 90.6 Å². The number of likely N-dealkylation sites (N-methyl/N-ethyl adjacent to an activating group) is 5. The molecular formula is C43H74N10O14. The zero-order valence-corrected chi connectivity index (χ0v) is 41.6. The van der Waals surface area contributed by atoms with Crippen molar-refractivity contribution in [3.8, 4) is 0 Å². The quantitative estimate of drug-likeness (QED) is 0.0251. The van der Waals surface area contributed by atoms with Crippen LogP contribution in [-0.4, -0.2) is 216 Å². The van der Waals surface area contributed by atoms with E-state index in [9.17, 15) is 63.0 Å². The number of esters is 1. The van der Waals surface area contributed by atoms with Crippen molar-refractivity contribution in [1.82, 2.24) is 51.1 Å². The first kappa shape index (κ1) is 60.8. The number of nitrogens with zero attached hydrogens (tertiary/aromatic N) is 5. The van der Waals surface area contributed by atoms with Crippen LogP contribution < -0.4 is 26.6 Å². The number of ether oxygens (including phenoxy) is 1. The van der Waals surface area contributed by atoms with Crippen molar-refractivity contribution < 1.29 is 67.7 Å². The molecule has 0 radical (unpaired) electrons. The molecule has 0 rings (SSSR count). The molecular weight excluding hydrogens is 881 g/mol. The van der Waals surface area contributed by atoms with Gasteiger partial charge < -0.3 is 66.0 Å². The van der Waals surface area contributed by atoms with Gasteiger partial charge >= 0.3 is 5.97 Å². The van der Waals surface area contributed by atoms with Crippen LogP contribution in [0, 0.1) is 5.92 Å². The predicted octanol–water partition coefficient (Wildman–Crippen LogP) is -3.54. The molecule has 0 spiro atoms. The minimum Gasteiger partial charge on any atom is -0.468 e. The summed E-state index contributed by atoms with van der Waals surface area (Å²) in [5.41, 5.74) is 0. The first-order valence-corrected chi connectivity index (χ1v) is 21.7. The maximum atomic E-state index is 14.0. The van der Waals surface area contributed by atoms with Gasteiger partial charge in [0.2, 0.25) is 59.6 Å². The van der Waals surface area contributed by atoms with Crippen LogP contribution >= 0.6 is 0 Å². The zero-order valence-electron chi connectivity index (χ0n) is 41.6. The molecule has 0 saturated heterocycles. The molecule has 0 bridgehead atoms. The Morgan fingerprint density at radius 2 is 0.985 bits per heavy atom. The van der Waals surface area contributed by atoms with E-state index in [2.05, 4.69) is 31.3 Å². The molecule has 0 saturated carbocycles. The summed E-state index contributed by atoms with van der Waals surface area (Å²) in [6, 6.07) is -11.3. The third kappa shape index (κ3) is 17.5. The van der Waals surface area contributed by atoms with Crippen molar-refractivity contribution in [1.29, 1.82) is 0 Å². The Balaban J connectivity index is 5.96. The zero-order chi connectivity index (χ0) is 52.4. The summed E-state index contributed by atoms with van der Waals surface area (Å²) in [6.45, 7) is 13.8. The molecule has 10 amide bonds. The summed E-state index contributed by atoms with van der Waals surface area (Å²) in [4.78, 5) is 147. The van der Waals surface area contributed by atoms with E-state index < -0.39 is 138 Å². The van der Waals surface area contributed by atoms with Gasteiger partial charge in [-0.25, -0.2) is 0 Å². The SMILES string of the molecule is C/C=C/CC(C)C(O)C(C(=O)NC(C(=O)N(C)CC(=O)OC)C(C)O)N(C)C(=O)C(C)N(C)C(=O)C(C)NC(=O)C(C)N(C)C(=O)C(C)NC(=O)C(C)NC(=O)C(C)N(C)C(=O)C(C)NC=O. The average Bonchev–Trinajstić information content (AvgIpc) is 3.28. The van der Waals surface area contributed by atoms with E-state index in [1.54, 1.807) is 26.0 Å². The lowest BCUT2D eigenvalue weighted by atomic mass is 9.92. The molecule has 0 aliphatic rings. The molecule has 0 aliphatic carbocycles. The summed E-state index contributed by atoms with van der Waals surface area (Å²) in [5, 5.41) is 34.1. The smallest absolute Gasteiger partial charge is 0.325 e. The van der Waals surface area contributed by atoms with Gasteiger partial charge in [-0.05, 0) is 74.7 Å². The second kappa shape index (κ2) is 28.1. The first-order valence-electron chi connectivity index (χ1n) is 21.7. The molecule has 0 aromatic heterocycles. The van der Waals surface area contributed by atoms with Gasteiger partial charge in [-0.15, -0.1) is 0 Å². The predicted molar refractivity (Wildman–Crippen MR) is 243 cm³/mol. The fourth-order valence-electron chi connectivity index (χ4n) is 6.37. The van der Waals surface area contributed by atoms with Gasteiger partial charge in [-0.2, -0.15) is 0 Å². The van der Waals surface area contributed by atoms with Gasteiger partial charge in [0.15, 0.2) is 0 Å². The number of methoxy groups -OCH3 is 1. The molecule has 12 atom stereocenters. The van der Waals surface area contributed by atoms with Crippen LogP contribution in [0.5, 0.6) is 0 Å². The number of rotatable bonds is 26. The second-order valence-electron chi connectivity index (χ2n) is 16.7. The van der Waals surface area contributed by atoms with Gasteiger partial charge in [0, 0.05) is 35.2 Å². The van der Waals surface area contributed by atoms with E-state index in [1.807, 2.05) is 0 Å². The van der Waals surface area contributed by atoms with E-state index in [4.69, 9.17) is 0 Å². The van der Waals surface area contributed by atoms with Crippen molar-refractivity contribution in [2.24, 2.45) is 5.92 Å². The molecule has 24 heteroatoms. The fourth-order valence-corrected chi connectivity index (χ4v) is 6.37. The molecule has 0 aromatic carbocycles. The Kier molecular flexibility index (Phi) is 25.5. The van der Waals surface area contributed by atoms with Crippen LogP contribution in [0.15, 0.2) is 12.2 Å². The molecule has 24 nitrogen and oxygen atoms in total. The monoisotopic (exact) mass is 955 g/mol. The van der Waals surface area contributed by atoms with Crippen molar-refractivity contribution in [2.45, 2.75) is 142 Å². The molecule has 380 valence electrons. The maximum Gasteiger partial charge on any atom is 0.325 e. The van der Waals surface area contributed by atoms with Crippen molar-refractivity contribution >= 4 is 65.5 Å². The largest absolute Gasteiger partial charge is 0.468 e. The van der Waals surface area contributed by atoms with Gasteiger partial charge in [0.25, 0.3) is 0 Å². The number of allylic oxidation sites excluding steroid dienone is 2. The summed E-state index contributed by atoms with van der Waals surface area (Å²) in [7, 11) is 7.52. The van der Waals surface area contributed by atoms with Gasteiger partial charge in [-0.1, -0.05) is 19.1 Å². The Hall–Kier alpha value is -6.17. The number of aliphatic hydroxyl groups excluding tert-OH is 2. The summed E-state index contributed by atoms with van der Waals surface area (Å²) in [5.74, 6) is -8.32. The summed E-state index contributed by atoms with van der Waals surface area (Å²) < 4.78 is 4.59. The topological polar surface area (TPSA) is 314 Å². The number of nitrogens with one attached hydrogen (secondary N) is 5. The van der Waals surface area contributed by atoms with E-state index >= 15 is 0 Å². The number of aliphatic hydroxyl groups is 2. The number of hydrogen-bond acceptors (Lipinski definition) is 14. The van der Waals surface area contributed by atoms with Crippen LogP contribution in [0.25, 0.3) is 0 Å². The van der Waals surface area contributed by atoms with Crippen molar-refractivity contribution in [3.63, 3.8) is 0 Å². The Morgan fingerprint density at radius 3 is 1.42 bits per heavy atom. The lowest BCUT2D eigenvalue weighted by Gasteiger charge is -2.38. The highest BCUT2D eigenvalue weighted by atomic mass is 16.5. The highest BCUT2D eigenvalue weighted by Crippen LogP contribution is 2.19. The maximum absolute atomic E-state index is 14.0. The van der Waals surface area contributed by atoms with Crippen LogP contribution in [0.4, 0.5) is 0 Å². The average molecular weight is 955 g/mol. The van der Waals surface area contributed by atoms with Crippen molar-refractivity contribution in [2.75, 3.05) is 48.9 Å². The third-order valence-corrected chi connectivity index (χ3v) is 11.5. The van der Waals surface area contributed by atoms with Gasteiger partial charge in [-0.3, -0.25) is 52.7 Å². The van der Waals surface area contributed by atoms with Gasteiger partial charge in [0.1, 0.15) is 60.9 Å². The first-order chi connectivity index (χ1) is 30.9. The molecule has 0 aliphatic heterocycles. The summed E-state index contributed by atoms with van der Waals surface area (Å²) >= 11 is 0. The van der Waals surface area contributed by atoms with E-state index in [0.717, 1.165) is 31.6 Å². The molecule has 12 unspecified atom stereocenters. The molecule has 67 heavy (non-hydrogen) atoms. The highest BCUT2D eigenvalue weighted by Gasteiger charge is 2.42. The normalized spacial score (nSPS) is 16.5. The molecule has 7 N–H and O–H groups in total. The highest BCUT2D eigenvalue weighted by molar-refractivity contribution is 5.98. The number of amides is 10. The van der Waals surface area contributed by atoms with Crippen LogP contribution in [-0.2, 0) is 57.5 Å². The molecule has 0 aromatic rings. The Morgan fingerprint density at radius 1 is 0.552 bits per heavy atom. The van der Waals surface area contributed by atoms with Crippen LogP contribution in [0.3, 0.4) is 0 Å². The Labute approximate surface area is 392 Å². The second-order valence-corrected chi connectivity index (χ2v) is 16.7. The molecule has 0 heterocycles. The van der Waals surface area contributed by atoms with E-state index in [0.29, 0.717) is 6.41 Å². The minimum absolute atomic E-state index is 0.285. The number of carbonyl (C=O) groups excluding carboxylic acids is 11. The molecule has 0 fully saturated rings. The fraction of sp³-hybridized carbons (Fsp3) is 0.698. The number of carbonyl (C=O) groups is 11. The third-order valence-electron chi connectivity index (χ3n) is 11.5. The van der Waals surface area contributed by atoms with Crippen LogP contribution in [0.2, 0.25) is 0 Å². The van der Waals surface area contributed by atoms with Crippen LogP contribution in [0.1, 0.15) is 75.7 Å². The van der Waals surface area contributed by atoms with Gasteiger partial charge in [0.05, 0.1) is 19.3 Å². The van der Waals surface area contributed by atoms with E-state index in [-0.39, 0.29) is 6.42 Å².